The van der Waals surface area contributed by atoms with E-state index in [9.17, 15) is 20.1 Å². The van der Waals surface area contributed by atoms with Crippen LogP contribution in [0.2, 0.25) is 0 Å². The lowest BCUT2D eigenvalue weighted by Gasteiger charge is -2.45. The molecule has 118 valence electrons. The maximum Gasteiger partial charge on any atom is 0.255 e. The van der Waals surface area contributed by atoms with Gasteiger partial charge in [0.15, 0.2) is 11.5 Å². The summed E-state index contributed by atoms with van der Waals surface area (Å²) in [4.78, 5) is 12.3. The van der Waals surface area contributed by atoms with Gasteiger partial charge >= 0.3 is 0 Å². The highest BCUT2D eigenvalue weighted by Gasteiger charge is 2.49. The van der Waals surface area contributed by atoms with Crippen LogP contribution < -0.4 is 20.5 Å². The summed E-state index contributed by atoms with van der Waals surface area (Å²) in [6, 6.07) is 0.443. The van der Waals surface area contributed by atoms with Crippen molar-refractivity contribution < 1.29 is 29.6 Å². The smallest absolute Gasteiger partial charge is 0.255 e. The SMILES string of the molecule is N[C@H]1C[C@@H](O)[C@@H](O)[C@@H]2NC(=O)c3c(cc4c(c3O)OCO4)[C@H]21. The van der Waals surface area contributed by atoms with E-state index in [-0.39, 0.29) is 30.3 Å². The second kappa shape index (κ2) is 4.48. The summed E-state index contributed by atoms with van der Waals surface area (Å²) in [5.74, 6) is -0.762. The lowest BCUT2D eigenvalue weighted by atomic mass is 9.70. The molecule has 1 saturated carbocycles. The van der Waals surface area contributed by atoms with E-state index in [2.05, 4.69) is 5.32 Å². The van der Waals surface area contributed by atoms with E-state index in [1.165, 1.54) is 0 Å². The first-order valence-corrected chi connectivity index (χ1v) is 7.07. The molecule has 4 rings (SSSR count). The first-order valence-electron chi connectivity index (χ1n) is 7.07. The molecule has 6 N–H and O–H groups in total. The monoisotopic (exact) mass is 308 g/mol. The molecule has 5 atom stereocenters. The van der Waals surface area contributed by atoms with Crippen molar-refractivity contribution in [2.24, 2.45) is 5.73 Å². The standard InChI is InChI=1S/C14H16N2O6/c15-5-2-6(17)11(18)10-8(5)4-1-7-13(22-3-21-7)12(19)9(4)14(20)16-10/h1,5-6,8,10-11,17-19H,2-3,15H2,(H,16,20)/t5-,6+,8-,10+,11+/m0/s1. The third-order valence-electron chi connectivity index (χ3n) is 4.68. The van der Waals surface area contributed by atoms with Gasteiger partial charge in [-0.15, -0.1) is 0 Å². The van der Waals surface area contributed by atoms with Gasteiger partial charge in [0.05, 0.1) is 17.7 Å². The van der Waals surface area contributed by atoms with Crippen LogP contribution in [0, 0.1) is 0 Å². The average Bonchev–Trinajstić information content (AvgIpc) is 2.93. The Morgan fingerprint density at radius 1 is 1.32 bits per heavy atom. The molecular formula is C14H16N2O6. The molecule has 1 aromatic carbocycles. The topological polar surface area (TPSA) is 134 Å². The van der Waals surface area contributed by atoms with Crippen molar-refractivity contribution in [1.82, 2.24) is 5.32 Å². The summed E-state index contributed by atoms with van der Waals surface area (Å²) >= 11 is 0. The summed E-state index contributed by atoms with van der Waals surface area (Å²) in [6.45, 7) is -0.0328. The van der Waals surface area contributed by atoms with Crippen molar-refractivity contribution in [2.75, 3.05) is 6.79 Å². The zero-order valence-electron chi connectivity index (χ0n) is 11.5. The Bertz CT molecular complexity index is 663. The molecule has 8 heteroatoms. The third kappa shape index (κ3) is 1.65. The molecule has 1 fully saturated rings. The van der Waals surface area contributed by atoms with Crippen LogP contribution in [0.5, 0.6) is 17.2 Å². The summed E-state index contributed by atoms with van der Waals surface area (Å²) in [6.07, 6.45) is -1.91. The van der Waals surface area contributed by atoms with Gasteiger partial charge in [0, 0.05) is 12.0 Å². The number of rotatable bonds is 0. The number of carbonyl (C=O) groups excluding carboxylic acids is 1. The number of hydrogen-bond donors (Lipinski definition) is 5. The molecular weight excluding hydrogens is 292 g/mol. The van der Waals surface area contributed by atoms with Crippen LogP contribution in [0.25, 0.3) is 0 Å². The molecule has 22 heavy (non-hydrogen) atoms. The van der Waals surface area contributed by atoms with Crippen molar-refractivity contribution in [1.29, 1.82) is 0 Å². The number of nitrogens with one attached hydrogen (secondary N) is 1. The second-order valence-corrected chi connectivity index (χ2v) is 5.91. The minimum atomic E-state index is -1.12. The fourth-order valence-corrected chi connectivity index (χ4v) is 3.65. The van der Waals surface area contributed by atoms with E-state index in [4.69, 9.17) is 15.2 Å². The molecule has 0 bridgehead atoms. The Morgan fingerprint density at radius 3 is 2.86 bits per heavy atom. The number of phenolic OH excluding ortho intramolecular Hbond substituents is 1. The van der Waals surface area contributed by atoms with Gasteiger partial charge in [0.1, 0.15) is 6.10 Å². The molecule has 1 aromatic rings. The van der Waals surface area contributed by atoms with E-state index in [0.29, 0.717) is 11.3 Å². The molecule has 0 radical (unpaired) electrons. The summed E-state index contributed by atoms with van der Waals surface area (Å²) in [5.41, 5.74) is 6.72. The first-order chi connectivity index (χ1) is 10.5. The van der Waals surface area contributed by atoms with Crippen LogP contribution in [0.3, 0.4) is 0 Å². The highest BCUT2D eigenvalue weighted by molar-refractivity contribution is 6.01. The summed E-state index contributed by atoms with van der Waals surface area (Å²) < 4.78 is 10.4. The lowest BCUT2D eigenvalue weighted by molar-refractivity contribution is -0.0426. The van der Waals surface area contributed by atoms with E-state index < -0.39 is 36.1 Å². The predicted molar refractivity (Wildman–Crippen MR) is 72.8 cm³/mol. The van der Waals surface area contributed by atoms with Gasteiger partial charge in [-0.3, -0.25) is 4.79 Å². The normalized spacial score (nSPS) is 35.6. The average molecular weight is 308 g/mol. The van der Waals surface area contributed by atoms with Gasteiger partial charge in [-0.1, -0.05) is 0 Å². The van der Waals surface area contributed by atoms with E-state index in [1.807, 2.05) is 0 Å². The Hall–Kier alpha value is -2.03. The van der Waals surface area contributed by atoms with Crippen LogP contribution in [-0.2, 0) is 0 Å². The highest BCUT2D eigenvalue weighted by atomic mass is 16.7. The molecule has 0 saturated heterocycles. The van der Waals surface area contributed by atoms with Gasteiger partial charge < -0.3 is 35.8 Å². The number of aliphatic hydroxyl groups is 2. The van der Waals surface area contributed by atoms with Crippen molar-refractivity contribution in [3.05, 3.63) is 17.2 Å². The number of phenols is 1. The van der Waals surface area contributed by atoms with Crippen LogP contribution in [0.1, 0.15) is 28.3 Å². The second-order valence-electron chi connectivity index (χ2n) is 5.91. The van der Waals surface area contributed by atoms with Crippen LogP contribution >= 0.6 is 0 Å². The predicted octanol–water partition coefficient (Wildman–Crippen LogP) is -1.23. The lowest BCUT2D eigenvalue weighted by Crippen LogP contribution is -2.62. The van der Waals surface area contributed by atoms with E-state index in [0.717, 1.165) is 0 Å². The Morgan fingerprint density at radius 2 is 2.09 bits per heavy atom. The molecule has 1 aliphatic carbocycles. The molecule has 1 amide bonds. The zero-order chi connectivity index (χ0) is 15.6. The fraction of sp³-hybridized carbons (Fsp3) is 0.500. The van der Waals surface area contributed by atoms with Crippen LogP contribution in [-0.4, -0.2) is 52.3 Å². The number of carbonyl (C=O) groups is 1. The number of hydrogen-bond acceptors (Lipinski definition) is 7. The Labute approximate surface area is 125 Å². The molecule has 0 spiro atoms. The van der Waals surface area contributed by atoms with Gasteiger partial charge in [-0.25, -0.2) is 0 Å². The maximum atomic E-state index is 12.3. The number of nitrogens with two attached hydrogens (primary N) is 1. The van der Waals surface area contributed by atoms with Gasteiger partial charge in [-0.2, -0.15) is 0 Å². The van der Waals surface area contributed by atoms with Crippen LogP contribution in [0.4, 0.5) is 0 Å². The number of ether oxygens (including phenoxy) is 2. The quantitative estimate of drug-likeness (QED) is 0.405. The zero-order valence-corrected chi connectivity index (χ0v) is 11.5. The van der Waals surface area contributed by atoms with Gasteiger partial charge in [0.25, 0.3) is 5.91 Å². The van der Waals surface area contributed by atoms with Crippen LogP contribution in [0.15, 0.2) is 6.07 Å². The molecule has 3 aliphatic rings. The number of amides is 1. The summed E-state index contributed by atoms with van der Waals surface area (Å²) in [5, 5.41) is 32.9. The molecule has 8 nitrogen and oxygen atoms in total. The molecule has 2 heterocycles. The molecule has 2 aliphatic heterocycles. The summed E-state index contributed by atoms with van der Waals surface area (Å²) in [7, 11) is 0. The number of aromatic hydroxyl groups is 1. The Kier molecular flexibility index (Phi) is 2.77. The third-order valence-corrected chi connectivity index (χ3v) is 4.68. The van der Waals surface area contributed by atoms with Crippen molar-refractivity contribution in [3.8, 4) is 17.2 Å². The molecule has 0 unspecified atom stereocenters. The van der Waals surface area contributed by atoms with Crippen molar-refractivity contribution in [3.63, 3.8) is 0 Å². The molecule has 0 aromatic heterocycles. The minimum Gasteiger partial charge on any atom is -0.504 e. The number of aliphatic hydroxyl groups excluding tert-OH is 2. The largest absolute Gasteiger partial charge is 0.504 e. The number of benzene rings is 1. The van der Waals surface area contributed by atoms with E-state index in [1.54, 1.807) is 6.07 Å². The number of fused-ring (bicyclic) bond motifs is 4. The van der Waals surface area contributed by atoms with Crippen molar-refractivity contribution in [2.45, 2.75) is 36.6 Å². The fourth-order valence-electron chi connectivity index (χ4n) is 3.65. The first kappa shape index (κ1) is 13.6. The van der Waals surface area contributed by atoms with Gasteiger partial charge in [-0.05, 0) is 18.1 Å². The van der Waals surface area contributed by atoms with Crippen molar-refractivity contribution >= 4 is 5.91 Å². The van der Waals surface area contributed by atoms with Gasteiger partial charge in [0.2, 0.25) is 12.5 Å². The Balaban J connectivity index is 1.90. The maximum absolute atomic E-state index is 12.3. The minimum absolute atomic E-state index is 0.0328. The highest BCUT2D eigenvalue weighted by Crippen LogP contribution is 2.49. The van der Waals surface area contributed by atoms with E-state index >= 15 is 0 Å².